The van der Waals surface area contributed by atoms with Crippen LogP contribution in [0.25, 0.3) is 0 Å². The minimum atomic E-state index is 0.479. The summed E-state index contributed by atoms with van der Waals surface area (Å²) in [7, 11) is 0. The van der Waals surface area contributed by atoms with Gasteiger partial charge in [-0.15, -0.1) is 11.6 Å². The predicted molar refractivity (Wildman–Crippen MR) is 76.2 cm³/mol. The Morgan fingerprint density at radius 1 is 1.29 bits per heavy atom. The van der Waals surface area contributed by atoms with Gasteiger partial charge in [0.2, 0.25) is 0 Å². The van der Waals surface area contributed by atoms with Gasteiger partial charge in [0.15, 0.2) is 0 Å². The molecule has 2 rings (SSSR count). The van der Waals surface area contributed by atoms with E-state index in [0.29, 0.717) is 5.88 Å². The van der Waals surface area contributed by atoms with E-state index in [9.17, 15) is 0 Å². The smallest absolute Gasteiger partial charge is 0.0488 e. The Balaban J connectivity index is 2.15. The van der Waals surface area contributed by atoms with Gasteiger partial charge in [0.05, 0.1) is 0 Å². The average Bonchev–Trinajstić information content (AvgIpc) is 2.32. The number of nitrogens with zero attached hydrogens (tertiary/aromatic N) is 1. The highest BCUT2D eigenvalue weighted by Crippen LogP contribution is 2.30. The van der Waals surface area contributed by atoms with Crippen molar-refractivity contribution in [3.05, 3.63) is 28.8 Å². The number of halogens is 2. The molecular formula is C14H19Cl2N. The monoisotopic (exact) mass is 271 g/mol. The van der Waals surface area contributed by atoms with Gasteiger partial charge in [0.25, 0.3) is 0 Å². The Morgan fingerprint density at radius 2 is 2.06 bits per heavy atom. The molecule has 0 N–H and O–H groups in total. The first-order chi connectivity index (χ1) is 8.11. The van der Waals surface area contributed by atoms with Crippen molar-refractivity contribution in [1.29, 1.82) is 0 Å². The molecule has 1 aliphatic rings. The number of benzene rings is 1. The van der Waals surface area contributed by atoms with Crippen LogP contribution in [0.4, 0.5) is 5.69 Å². The highest BCUT2D eigenvalue weighted by Gasteiger charge is 2.22. The summed E-state index contributed by atoms with van der Waals surface area (Å²) in [6, 6.07) is 6.21. The standard InChI is InChI=1S/C14H19Cl2N/c1-10-5-6-17(9-11(10)2)13-4-3-12(8-15)14(16)7-13/h3-4,7,10-11H,5-6,8-9H2,1-2H3. The summed E-state index contributed by atoms with van der Waals surface area (Å²) >= 11 is 12.0. The Hall–Kier alpha value is -0.400. The molecule has 0 spiro atoms. The maximum Gasteiger partial charge on any atom is 0.0488 e. The van der Waals surface area contributed by atoms with E-state index in [1.165, 1.54) is 12.1 Å². The summed E-state index contributed by atoms with van der Waals surface area (Å²) in [5.41, 5.74) is 2.23. The largest absolute Gasteiger partial charge is 0.371 e. The van der Waals surface area contributed by atoms with E-state index in [1.54, 1.807) is 0 Å². The van der Waals surface area contributed by atoms with Gasteiger partial charge in [-0.05, 0) is 36.0 Å². The second-order valence-electron chi connectivity index (χ2n) is 5.10. The minimum Gasteiger partial charge on any atom is -0.371 e. The Labute approximate surface area is 114 Å². The zero-order chi connectivity index (χ0) is 12.4. The van der Waals surface area contributed by atoms with Gasteiger partial charge >= 0.3 is 0 Å². The molecule has 0 aliphatic carbocycles. The fraction of sp³-hybridized carbons (Fsp3) is 0.571. The summed E-state index contributed by atoms with van der Waals surface area (Å²) < 4.78 is 0. The van der Waals surface area contributed by atoms with Crippen molar-refractivity contribution in [3.8, 4) is 0 Å². The third kappa shape index (κ3) is 2.89. The lowest BCUT2D eigenvalue weighted by Crippen LogP contribution is -2.38. The second kappa shape index (κ2) is 5.49. The van der Waals surface area contributed by atoms with Crippen LogP contribution in [0.2, 0.25) is 5.02 Å². The summed E-state index contributed by atoms with van der Waals surface area (Å²) in [5, 5.41) is 0.781. The van der Waals surface area contributed by atoms with Gasteiger partial charge < -0.3 is 4.90 Å². The van der Waals surface area contributed by atoms with Crippen LogP contribution in [0.3, 0.4) is 0 Å². The van der Waals surface area contributed by atoms with Crippen LogP contribution in [0, 0.1) is 11.8 Å². The van der Waals surface area contributed by atoms with Crippen molar-refractivity contribution < 1.29 is 0 Å². The molecule has 1 saturated heterocycles. The third-order valence-electron chi connectivity index (χ3n) is 3.88. The first-order valence-corrected chi connectivity index (χ1v) is 7.12. The molecule has 2 atom stereocenters. The lowest BCUT2D eigenvalue weighted by molar-refractivity contribution is 0.324. The van der Waals surface area contributed by atoms with Gasteiger partial charge in [-0.1, -0.05) is 31.5 Å². The van der Waals surface area contributed by atoms with Crippen LogP contribution in [0.15, 0.2) is 18.2 Å². The summed E-state index contributed by atoms with van der Waals surface area (Å²) in [6.07, 6.45) is 1.26. The first kappa shape index (κ1) is 13.0. The topological polar surface area (TPSA) is 3.24 Å². The fourth-order valence-electron chi connectivity index (χ4n) is 2.34. The molecule has 1 fully saturated rings. The molecule has 0 radical (unpaired) electrons. The van der Waals surface area contributed by atoms with E-state index < -0.39 is 0 Å². The lowest BCUT2D eigenvalue weighted by Gasteiger charge is -2.37. The highest BCUT2D eigenvalue weighted by atomic mass is 35.5. The van der Waals surface area contributed by atoms with E-state index in [-0.39, 0.29) is 0 Å². The van der Waals surface area contributed by atoms with Gasteiger partial charge in [0.1, 0.15) is 0 Å². The van der Waals surface area contributed by atoms with E-state index in [4.69, 9.17) is 23.2 Å². The van der Waals surface area contributed by atoms with Crippen molar-refractivity contribution >= 4 is 28.9 Å². The average molecular weight is 272 g/mol. The first-order valence-electron chi connectivity index (χ1n) is 6.21. The van der Waals surface area contributed by atoms with Crippen LogP contribution in [0.1, 0.15) is 25.8 Å². The Morgan fingerprint density at radius 3 is 2.65 bits per heavy atom. The van der Waals surface area contributed by atoms with Crippen LogP contribution in [-0.2, 0) is 5.88 Å². The number of hydrogen-bond donors (Lipinski definition) is 0. The molecule has 1 aromatic rings. The molecule has 1 aromatic carbocycles. The minimum absolute atomic E-state index is 0.479. The van der Waals surface area contributed by atoms with Crippen LogP contribution >= 0.6 is 23.2 Å². The number of alkyl halides is 1. The number of hydrogen-bond acceptors (Lipinski definition) is 1. The molecule has 0 aromatic heterocycles. The summed E-state index contributed by atoms with van der Waals surface area (Å²) in [6.45, 7) is 6.91. The zero-order valence-electron chi connectivity index (χ0n) is 10.4. The third-order valence-corrected chi connectivity index (χ3v) is 4.52. The molecule has 17 heavy (non-hydrogen) atoms. The highest BCUT2D eigenvalue weighted by molar-refractivity contribution is 6.32. The molecule has 2 unspecified atom stereocenters. The molecule has 94 valence electrons. The van der Waals surface area contributed by atoms with Gasteiger partial charge in [0, 0.05) is 29.7 Å². The lowest BCUT2D eigenvalue weighted by atomic mass is 9.88. The number of piperidine rings is 1. The quantitative estimate of drug-likeness (QED) is 0.713. The van der Waals surface area contributed by atoms with Gasteiger partial charge in [-0.2, -0.15) is 0 Å². The van der Waals surface area contributed by atoms with Crippen molar-refractivity contribution in [1.82, 2.24) is 0 Å². The van der Waals surface area contributed by atoms with Crippen molar-refractivity contribution in [2.75, 3.05) is 18.0 Å². The number of anilines is 1. The number of rotatable bonds is 2. The fourth-order valence-corrected chi connectivity index (χ4v) is 2.88. The van der Waals surface area contributed by atoms with Crippen molar-refractivity contribution in [2.45, 2.75) is 26.1 Å². The summed E-state index contributed by atoms with van der Waals surface area (Å²) in [4.78, 5) is 2.43. The Kier molecular flexibility index (Phi) is 4.22. The van der Waals surface area contributed by atoms with Crippen LogP contribution in [0.5, 0.6) is 0 Å². The molecular weight excluding hydrogens is 253 g/mol. The van der Waals surface area contributed by atoms with E-state index >= 15 is 0 Å². The second-order valence-corrected chi connectivity index (χ2v) is 5.77. The Bertz CT molecular complexity index is 392. The van der Waals surface area contributed by atoms with E-state index in [0.717, 1.165) is 35.5 Å². The maximum atomic E-state index is 6.20. The molecule has 0 amide bonds. The normalized spacial score (nSPS) is 25.1. The maximum absolute atomic E-state index is 6.20. The van der Waals surface area contributed by atoms with E-state index in [1.807, 2.05) is 12.1 Å². The zero-order valence-corrected chi connectivity index (χ0v) is 11.9. The molecule has 1 aliphatic heterocycles. The molecule has 0 saturated carbocycles. The molecule has 1 heterocycles. The molecule has 0 bridgehead atoms. The predicted octanol–water partition coefficient (Wildman–Crippen LogP) is 4.56. The summed E-state index contributed by atoms with van der Waals surface area (Å²) in [5.74, 6) is 2.05. The SMILES string of the molecule is CC1CCN(c2ccc(CCl)c(Cl)c2)CC1C. The van der Waals surface area contributed by atoms with Crippen LogP contribution < -0.4 is 4.90 Å². The van der Waals surface area contributed by atoms with Crippen LogP contribution in [-0.4, -0.2) is 13.1 Å². The van der Waals surface area contributed by atoms with Gasteiger partial charge in [-0.3, -0.25) is 0 Å². The van der Waals surface area contributed by atoms with Crippen molar-refractivity contribution in [3.63, 3.8) is 0 Å². The molecule has 3 heteroatoms. The van der Waals surface area contributed by atoms with E-state index in [2.05, 4.69) is 24.8 Å². The van der Waals surface area contributed by atoms with Crippen molar-refractivity contribution in [2.24, 2.45) is 11.8 Å². The van der Waals surface area contributed by atoms with Gasteiger partial charge in [-0.25, -0.2) is 0 Å². The molecule has 1 nitrogen and oxygen atoms in total.